The Morgan fingerprint density at radius 1 is 0.943 bits per heavy atom. The number of rotatable bonds is 4. The first-order chi connectivity index (χ1) is 16.9. The summed E-state index contributed by atoms with van der Waals surface area (Å²) in [7, 11) is 0. The zero-order valence-corrected chi connectivity index (χ0v) is 21.1. The van der Waals surface area contributed by atoms with Gasteiger partial charge in [-0.25, -0.2) is 14.8 Å². The minimum Gasteiger partial charge on any atom is -0.341 e. The maximum atomic E-state index is 13.0. The van der Waals surface area contributed by atoms with Crippen molar-refractivity contribution in [2.24, 2.45) is 5.41 Å². The number of carbonyl (C=O) groups is 2. The highest BCUT2D eigenvalue weighted by Crippen LogP contribution is 2.40. The highest BCUT2D eigenvalue weighted by molar-refractivity contribution is 7.99. The number of nitrogens with one attached hydrogen (secondary N) is 1. The van der Waals surface area contributed by atoms with Gasteiger partial charge in [0, 0.05) is 43.0 Å². The van der Waals surface area contributed by atoms with Crippen molar-refractivity contribution in [3.8, 4) is 0 Å². The molecular formula is C27H31N5O2S. The van der Waals surface area contributed by atoms with Crippen molar-refractivity contribution in [2.75, 3.05) is 37.2 Å². The molecule has 1 aromatic heterocycles. The van der Waals surface area contributed by atoms with E-state index in [0.717, 1.165) is 60.2 Å². The molecule has 2 aliphatic rings. The van der Waals surface area contributed by atoms with Crippen LogP contribution < -0.4 is 5.32 Å². The van der Waals surface area contributed by atoms with Gasteiger partial charge in [-0.2, -0.15) is 0 Å². The smallest absolute Gasteiger partial charge is 0.321 e. The predicted octanol–water partition coefficient (Wildman–Crippen LogP) is 4.89. The quantitative estimate of drug-likeness (QED) is 0.417. The predicted molar refractivity (Wildman–Crippen MR) is 140 cm³/mol. The van der Waals surface area contributed by atoms with E-state index in [1.165, 1.54) is 11.8 Å². The Morgan fingerprint density at radius 3 is 2.34 bits per heavy atom. The van der Waals surface area contributed by atoms with Crippen LogP contribution >= 0.6 is 11.8 Å². The first-order valence-electron chi connectivity index (χ1n) is 12.2. The summed E-state index contributed by atoms with van der Waals surface area (Å²) >= 11 is 1.41. The minimum atomic E-state index is -0.0491. The summed E-state index contributed by atoms with van der Waals surface area (Å²) in [5, 5.41) is 5.93. The van der Waals surface area contributed by atoms with E-state index in [1.807, 2.05) is 60.0 Å². The molecule has 182 valence electrons. The molecule has 8 heteroatoms. The van der Waals surface area contributed by atoms with Crippen molar-refractivity contribution in [1.82, 2.24) is 19.8 Å². The Bertz CT molecular complexity index is 1230. The Balaban J connectivity index is 1.13. The molecule has 3 aromatic rings. The Labute approximate surface area is 210 Å². The number of carbonyl (C=O) groups excluding carboxylic acids is 2. The third-order valence-corrected chi connectivity index (χ3v) is 8.05. The van der Waals surface area contributed by atoms with Crippen molar-refractivity contribution >= 4 is 40.2 Å². The summed E-state index contributed by atoms with van der Waals surface area (Å²) in [4.78, 5) is 38.6. The molecule has 0 atom stereocenters. The molecule has 35 heavy (non-hydrogen) atoms. The number of hydrogen-bond donors (Lipinski definition) is 1. The minimum absolute atomic E-state index is 0.0491. The van der Waals surface area contributed by atoms with Crippen LogP contribution in [0.5, 0.6) is 0 Å². The molecule has 2 aliphatic heterocycles. The van der Waals surface area contributed by atoms with Gasteiger partial charge in [0.1, 0.15) is 0 Å². The van der Waals surface area contributed by atoms with Gasteiger partial charge in [-0.05, 0) is 56.0 Å². The molecule has 0 radical (unpaired) electrons. The van der Waals surface area contributed by atoms with Crippen LogP contribution in [-0.4, -0.2) is 63.6 Å². The summed E-state index contributed by atoms with van der Waals surface area (Å²) in [6.07, 6.45) is 2.85. The van der Waals surface area contributed by atoms with Gasteiger partial charge in [-0.3, -0.25) is 4.79 Å². The zero-order chi connectivity index (χ0) is 24.4. The summed E-state index contributed by atoms with van der Waals surface area (Å²) in [5.41, 5.74) is 2.80. The van der Waals surface area contributed by atoms with Gasteiger partial charge in [0.25, 0.3) is 0 Å². The van der Waals surface area contributed by atoms with Crippen LogP contribution in [0.2, 0.25) is 0 Å². The van der Waals surface area contributed by atoms with Crippen LogP contribution in [0, 0.1) is 19.3 Å². The Morgan fingerprint density at radius 2 is 1.60 bits per heavy atom. The highest BCUT2D eigenvalue weighted by Gasteiger charge is 2.42. The Kier molecular flexibility index (Phi) is 6.65. The van der Waals surface area contributed by atoms with E-state index in [9.17, 15) is 9.59 Å². The molecule has 2 aromatic carbocycles. The van der Waals surface area contributed by atoms with Gasteiger partial charge in [0.05, 0.1) is 11.4 Å². The number of urea groups is 1. The van der Waals surface area contributed by atoms with E-state index >= 15 is 0 Å². The second-order valence-corrected chi connectivity index (χ2v) is 10.7. The van der Waals surface area contributed by atoms with E-state index in [4.69, 9.17) is 0 Å². The van der Waals surface area contributed by atoms with E-state index in [1.54, 1.807) is 0 Å². The van der Waals surface area contributed by atoms with Gasteiger partial charge in [-0.15, -0.1) is 0 Å². The number of aromatic nitrogens is 2. The maximum absolute atomic E-state index is 13.0. The number of nitrogens with zero attached hydrogens (tertiary/aromatic N) is 4. The molecule has 2 saturated heterocycles. The van der Waals surface area contributed by atoms with Gasteiger partial charge in [0.2, 0.25) is 5.91 Å². The van der Waals surface area contributed by atoms with Crippen LogP contribution in [0.3, 0.4) is 0 Å². The monoisotopic (exact) mass is 489 g/mol. The largest absolute Gasteiger partial charge is 0.341 e. The van der Waals surface area contributed by atoms with Crippen molar-refractivity contribution < 1.29 is 9.59 Å². The average Bonchev–Trinajstić information content (AvgIpc) is 3.26. The summed E-state index contributed by atoms with van der Waals surface area (Å²) in [6.45, 7) is 6.88. The van der Waals surface area contributed by atoms with Gasteiger partial charge in [0.15, 0.2) is 5.16 Å². The van der Waals surface area contributed by atoms with Crippen LogP contribution in [0.4, 0.5) is 10.5 Å². The first kappa shape index (κ1) is 23.6. The van der Waals surface area contributed by atoms with E-state index in [0.29, 0.717) is 24.0 Å². The first-order valence-corrected chi connectivity index (χ1v) is 13.2. The summed E-state index contributed by atoms with van der Waals surface area (Å²) < 4.78 is 0. The molecule has 2 fully saturated rings. The van der Waals surface area contributed by atoms with Crippen LogP contribution in [0.15, 0.2) is 53.7 Å². The number of likely N-dealkylation sites (tertiary alicyclic amines) is 2. The van der Waals surface area contributed by atoms with Crippen LogP contribution in [-0.2, 0) is 4.79 Å². The Hall–Kier alpha value is -3.13. The number of benzene rings is 2. The molecule has 1 spiro atoms. The normalized spacial score (nSPS) is 17.2. The molecular weight excluding hydrogens is 458 g/mol. The third-order valence-electron chi connectivity index (χ3n) is 7.22. The SMILES string of the molecule is Cc1cc(C)nc(SCC(=O)N2CCC3(CCN(C(=O)Nc4cccc5ccccc45)CC3)C2)n1. The topological polar surface area (TPSA) is 78.4 Å². The van der Waals surface area contributed by atoms with E-state index in [-0.39, 0.29) is 17.4 Å². The van der Waals surface area contributed by atoms with Gasteiger partial charge < -0.3 is 15.1 Å². The van der Waals surface area contributed by atoms with Gasteiger partial charge in [-0.1, -0.05) is 48.2 Å². The molecule has 0 aliphatic carbocycles. The molecule has 3 amide bonds. The average molecular weight is 490 g/mol. The van der Waals surface area contributed by atoms with Crippen LogP contribution in [0.1, 0.15) is 30.7 Å². The summed E-state index contributed by atoms with van der Waals surface area (Å²) in [5.74, 6) is 0.504. The van der Waals surface area contributed by atoms with Crippen molar-refractivity contribution in [2.45, 2.75) is 38.3 Å². The van der Waals surface area contributed by atoms with Gasteiger partial charge >= 0.3 is 6.03 Å². The van der Waals surface area contributed by atoms with E-state index < -0.39 is 0 Å². The highest BCUT2D eigenvalue weighted by atomic mass is 32.2. The van der Waals surface area contributed by atoms with Crippen LogP contribution in [0.25, 0.3) is 10.8 Å². The fourth-order valence-electron chi connectivity index (χ4n) is 5.24. The lowest BCUT2D eigenvalue weighted by Gasteiger charge is -2.39. The number of thioether (sulfide) groups is 1. The molecule has 0 unspecified atom stereocenters. The molecule has 1 N–H and O–H groups in total. The van der Waals surface area contributed by atoms with Crippen molar-refractivity contribution in [3.63, 3.8) is 0 Å². The number of amides is 3. The lowest BCUT2D eigenvalue weighted by molar-refractivity contribution is -0.127. The molecule has 3 heterocycles. The van der Waals surface area contributed by atoms with Crippen molar-refractivity contribution in [3.05, 3.63) is 59.9 Å². The number of piperidine rings is 1. The molecule has 0 bridgehead atoms. The standard InChI is InChI=1S/C27H31N5O2S/c1-19-16-20(2)29-25(28-19)35-17-24(33)32-15-12-27(18-32)10-13-31(14-11-27)26(34)30-23-9-5-7-21-6-3-4-8-22(21)23/h3-9,16H,10-15,17-18H2,1-2H3,(H,30,34). The lowest BCUT2D eigenvalue weighted by atomic mass is 9.78. The molecule has 0 saturated carbocycles. The van der Waals surface area contributed by atoms with Crippen molar-refractivity contribution in [1.29, 1.82) is 0 Å². The fourth-order valence-corrected chi connectivity index (χ4v) is 6.10. The number of fused-ring (bicyclic) bond motifs is 1. The third kappa shape index (κ3) is 5.27. The lowest BCUT2D eigenvalue weighted by Crippen LogP contribution is -2.46. The molecule has 5 rings (SSSR count). The second-order valence-electron chi connectivity index (χ2n) is 9.73. The number of hydrogen-bond acceptors (Lipinski definition) is 5. The zero-order valence-electron chi connectivity index (χ0n) is 20.3. The second kappa shape index (κ2) is 9.85. The molecule has 7 nitrogen and oxygen atoms in total. The maximum Gasteiger partial charge on any atom is 0.321 e. The van der Waals surface area contributed by atoms with E-state index in [2.05, 4.69) is 27.4 Å². The summed E-state index contributed by atoms with van der Waals surface area (Å²) in [6, 6.07) is 15.9. The number of aryl methyl sites for hydroxylation is 2. The fraction of sp³-hybridized carbons (Fsp3) is 0.407. The number of anilines is 1.